The van der Waals surface area contributed by atoms with Crippen LogP contribution < -0.4 is 5.73 Å². The van der Waals surface area contributed by atoms with Crippen LogP contribution in [0.3, 0.4) is 0 Å². The normalized spacial score (nSPS) is 28.2. The van der Waals surface area contributed by atoms with Crippen LogP contribution in [0.4, 0.5) is 0 Å². The highest BCUT2D eigenvalue weighted by Gasteiger charge is 2.36. The number of hydrogen-bond donors (Lipinski definition) is 1. The minimum absolute atomic E-state index is 0.365. The number of aromatic nitrogens is 2. The van der Waals surface area contributed by atoms with Crippen molar-refractivity contribution in [2.24, 2.45) is 5.73 Å². The summed E-state index contributed by atoms with van der Waals surface area (Å²) in [6, 6.07) is 0. The second-order valence-electron chi connectivity index (χ2n) is 5.11. The van der Waals surface area contributed by atoms with E-state index in [0.717, 1.165) is 24.4 Å². The molecule has 1 saturated heterocycles. The summed E-state index contributed by atoms with van der Waals surface area (Å²) < 4.78 is 5.45. The van der Waals surface area contributed by atoms with Crippen LogP contribution in [0.25, 0.3) is 0 Å². The van der Waals surface area contributed by atoms with Gasteiger partial charge in [0, 0.05) is 17.3 Å². The summed E-state index contributed by atoms with van der Waals surface area (Å²) in [6.07, 6.45) is 5.56. The fourth-order valence-electron chi connectivity index (χ4n) is 2.60. The third-order valence-electron chi connectivity index (χ3n) is 3.72. The SMILES string of the molecule is NC1(c2nc(C3CSCCS3)no2)CCCCC1. The molecule has 0 amide bonds. The maximum atomic E-state index is 6.41. The summed E-state index contributed by atoms with van der Waals surface area (Å²) in [7, 11) is 0. The van der Waals surface area contributed by atoms with Gasteiger partial charge < -0.3 is 10.3 Å². The van der Waals surface area contributed by atoms with E-state index in [1.807, 2.05) is 23.5 Å². The quantitative estimate of drug-likeness (QED) is 0.901. The Morgan fingerprint density at radius 1 is 1.22 bits per heavy atom. The first-order chi connectivity index (χ1) is 8.78. The van der Waals surface area contributed by atoms with E-state index in [4.69, 9.17) is 10.3 Å². The van der Waals surface area contributed by atoms with E-state index >= 15 is 0 Å². The highest BCUT2D eigenvalue weighted by Crippen LogP contribution is 2.38. The van der Waals surface area contributed by atoms with Gasteiger partial charge in [-0.25, -0.2) is 0 Å². The molecule has 1 aromatic heterocycles. The van der Waals surface area contributed by atoms with E-state index in [2.05, 4.69) is 10.1 Å². The molecule has 3 rings (SSSR count). The summed E-state index contributed by atoms with van der Waals surface area (Å²) >= 11 is 3.90. The van der Waals surface area contributed by atoms with Crippen molar-refractivity contribution in [2.45, 2.75) is 42.9 Å². The van der Waals surface area contributed by atoms with Crippen LogP contribution in [-0.2, 0) is 5.54 Å². The lowest BCUT2D eigenvalue weighted by atomic mass is 9.82. The van der Waals surface area contributed by atoms with Crippen LogP contribution >= 0.6 is 23.5 Å². The Bertz CT molecular complexity index is 398. The largest absolute Gasteiger partial charge is 0.337 e. The standard InChI is InChI=1S/C12H19N3OS2/c13-12(4-2-1-3-5-12)11-14-10(15-16-11)9-8-17-6-7-18-9/h9H,1-8,13H2. The van der Waals surface area contributed by atoms with E-state index in [1.165, 1.54) is 30.8 Å². The Hall–Kier alpha value is -0.200. The molecular weight excluding hydrogens is 266 g/mol. The lowest BCUT2D eigenvalue weighted by Crippen LogP contribution is -2.39. The smallest absolute Gasteiger partial charge is 0.246 e. The van der Waals surface area contributed by atoms with Crippen molar-refractivity contribution in [1.82, 2.24) is 10.1 Å². The molecule has 2 heterocycles. The molecule has 0 radical (unpaired) electrons. The van der Waals surface area contributed by atoms with Gasteiger partial charge in [0.05, 0.1) is 10.8 Å². The minimum atomic E-state index is -0.365. The lowest BCUT2D eigenvalue weighted by molar-refractivity contribution is 0.219. The van der Waals surface area contributed by atoms with Crippen molar-refractivity contribution in [3.8, 4) is 0 Å². The van der Waals surface area contributed by atoms with Crippen LogP contribution in [0.1, 0.15) is 49.1 Å². The summed E-state index contributed by atoms with van der Waals surface area (Å²) in [5, 5.41) is 4.54. The maximum Gasteiger partial charge on any atom is 0.246 e. The Balaban J connectivity index is 1.75. The van der Waals surface area contributed by atoms with Crippen molar-refractivity contribution < 1.29 is 4.52 Å². The monoisotopic (exact) mass is 285 g/mol. The van der Waals surface area contributed by atoms with Crippen molar-refractivity contribution in [3.63, 3.8) is 0 Å². The average Bonchev–Trinajstić information content (AvgIpc) is 2.91. The average molecular weight is 285 g/mol. The molecule has 1 aliphatic carbocycles. The van der Waals surface area contributed by atoms with Crippen LogP contribution in [0.15, 0.2) is 4.52 Å². The maximum absolute atomic E-state index is 6.41. The molecule has 4 nitrogen and oxygen atoms in total. The predicted molar refractivity (Wildman–Crippen MR) is 75.8 cm³/mol. The summed E-state index contributed by atoms with van der Waals surface area (Å²) in [5.74, 6) is 4.99. The Morgan fingerprint density at radius 3 is 2.78 bits per heavy atom. The number of nitrogens with two attached hydrogens (primary N) is 1. The third-order valence-corrected chi connectivity index (χ3v) is 6.47. The van der Waals surface area contributed by atoms with E-state index in [-0.39, 0.29) is 5.54 Å². The van der Waals surface area contributed by atoms with E-state index in [1.54, 1.807) is 0 Å². The predicted octanol–water partition coefficient (Wildman–Crippen LogP) is 2.71. The van der Waals surface area contributed by atoms with Crippen molar-refractivity contribution in [1.29, 1.82) is 0 Å². The molecular formula is C12H19N3OS2. The molecule has 2 fully saturated rings. The molecule has 100 valence electrons. The number of hydrogen-bond acceptors (Lipinski definition) is 6. The van der Waals surface area contributed by atoms with Gasteiger partial charge in [0.15, 0.2) is 5.82 Å². The fraction of sp³-hybridized carbons (Fsp3) is 0.833. The molecule has 6 heteroatoms. The first kappa shape index (κ1) is 12.8. The van der Waals surface area contributed by atoms with Crippen LogP contribution in [0.5, 0.6) is 0 Å². The van der Waals surface area contributed by atoms with Gasteiger partial charge >= 0.3 is 0 Å². The molecule has 0 bridgehead atoms. The van der Waals surface area contributed by atoms with Gasteiger partial charge in [-0.2, -0.15) is 16.7 Å². The molecule has 0 aromatic carbocycles. The van der Waals surface area contributed by atoms with Crippen molar-refractivity contribution in [3.05, 3.63) is 11.7 Å². The fourth-order valence-corrected chi connectivity index (χ4v) is 5.19. The summed E-state index contributed by atoms with van der Waals surface area (Å²) in [5.41, 5.74) is 6.05. The van der Waals surface area contributed by atoms with E-state index in [9.17, 15) is 0 Å². The van der Waals surface area contributed by atoms with Crippen LogP contribution in [0.2, 0.25) is 0 Å². The number of nitrogens with zero attached hydrogens (tertiary/aromatic N) is 2. The topological polar surface area (TPSA) is 64.9 Å². The molecule has 1 aromatic rings. The zero-order valence-corrected chi connectivity index (χ0v) is 12.1. The molecule has 2 N–H and O–H groups in total. The van der Waals surface area contributed by atoms with Gasteiger partial charge in [-0.05, 0) is 12.8 Å². The lowest BCUT2D eigenvalue weighted by Gasteiger charge is -2.29. The Morgan fingerprint density at radius 2 is 2.06 bits per heavy atom. The van der Waals surface area contributed by atoms with Gasteiger partial charge in [0.1, 0.15) is 0 Å². The van der Waals surface area contributed by atoms with Crippen molar-refractivity contribution in [2.75, 3.05) is 17.3 Å². The second kappa shape index (κ2) is 5.43. The van der Waals surface area contributed by atoms with E-state index < -0.39 is 0 Å². The zero-order chi connectivity index (χ0) is 12.4. The van der Waals surface area contributed by atoms with Crippen LogP contribution in [-0.4, -0.2) is 27.4 Å². The van der Waals surface area contributed by atoms with Crippen LogP contribution in [0, 0.1) is 0 Å². The summed E-state index contributed by atoms with van der Waals surface area (Å²) in [4.78, 5) is 4.59. The van der Waals surface area contributed by atoms with Gasteiger partial charge in [-0.15, -0.1) is 11.8 Å². The number of rotatable bonds is 2. The first-order valence-corrected chi connectivity index (χ1v) is 8.81. The molecule has 1 saturated carbocycles. The summed E-state index contributed by atoms with van der Waals surface area (Å²) in [6.45, 7) is 0. The second-order valence-corrected chi connectivity index (χ2v) is 7.57. The molecule has 0 spiro atoms. The van der Waals surface area contributed by atoms with Gasteiger partial charge in [0.2, 0.25) is 5.89 Å². The molecule has 1 unspecified atom stereocenters. The third kappa shape index (κ3) is 2.56. The first-order valence-electron chi connectivity index (χ1n) is 6.60. The van der Waals surface area contributed by atoms with E-state index in [0.29, 0.717) is 11.1 Å². The Labute approximate surface area is 116 Å². The zero-order valence-electron chi connectivity index (χ0n) is 10.4. The van der Waals surface area contributed by atoms with Gasteiger partial charge in [-0.1, -0.05) is 24.4 Å². The van der Waals surface area contributed by atoms with Gasteiger partial charge in [0.25, 0.3) is 0 Å². The Kier molecular flexibility index (Phi) is 3.86. The number of thioether (sulfide) groups is 2. The molecule has 1 atom stereocenters. The molecule has 2 aliphatic rings. The van der Waals surface area contributed by atoms with Crippen molar-refractivity contribution >= 4 is 23.5 Å². The minimum Gasteiger partial charge on any atom is -0.337 e. The highest BCUT2D eigenvalue weighted by molar-refractivity contribution is 8.06. The molecule has 1 aliphatic heterocycles. The highest BCUT2D eigenvalue weighted by atomic mass is 32.2. The molecule has 18 heavy (non-hydrogen) atoms. The van der Waals surface area contributed by atoms with Gasteiger partial charge in [-0.3, -0.25) is 0 Å².